The average molecular weight is 285 g/mol. The van der Waals surface area contributed by atoms with Crippen molar-refractivity contribution in [3.63, 3.8) is 0 Å². The minimum absolute atomic E-state index is 0.0979. The van der Waals surface area contributed by atoms with Gasteiger partial charge in [0.15, 0.2) is 5.76 Å². The summed E-state index contributed by atoms with van der Waals surface area (Å²) in [5.41, 5.74) is 6.81. The number of anilines is 1. The summed E-state index contributed by atoms with van der Waals surface area (Å²) in [6.45, 7) is 10.4. The highest BCUT2D eigenvalue weighted by molar-refractivity contribution is 6.01. The van der Waals surface area contributed by atoms with Crippen LogP contribution in [-0.2, 0) is 11.8 Å². The minimum atomic E-state index is -0.0979. The summed E-state index contributed by atoms with van der Waals surface area (Å²) >= 11 is 0. The number of aryl methyl sites for hydroxylation is 1. The Bertz CT molecular complexity index is 621. The maximum atomic E-state index is 5.57. The third-order valence-corrected chi connectivity index (χ3v) is 3.27. The maximum absolute atomic E-state index is 5.57. The van der Waals surface area contributed by atoms with Crippen LogP contribution in [0, 0.1) is 0 Å². The molecule has 2 aromatic rings. The largest absolute Gasteiger partial charge is 0.360 e. The highest BCUT2D eigenvalue weighted by atomic mass is 16.5. The monoisotopic (exact) mass is 285 g/mol. The first kappa shape index (κ1) is 15.3. The zero-order valence-corrected chi connectivity index (χ0v) is 13.4. The Labute approximate surface area is 126 Å². The first-order valence-electron chi connectivity index (χ1n) is 7.28. The van der Waals surface area contributed by atoms with Gasteiger partial charge in [-0.3, -0.25) is 5.43 Å². The lowest BCUT2D eigenvalue weighted by molar-refractivity contribution is 0.326. The lowest BCUT2D eigenvalue weighted by Crippen LogP contribution is -2.15. The molecule has 0 atom stereocenters. The van der Waals surface area contributed by atoms with Crippen LogP contribution in [0.5, 0.6) is 0 Å². The van der Waals surface area contributed by atoms with Crippen LogP contribution in [-0.4, -0.2) is 10.9 Å². The van der Waals surface area contributed by atoms with Crippen molar-refractivity contribution in [2.45, 2.75) is 46.5 Å². The number of rotatable bonds is 4. The maximum Gasteiger partial charge on any atom is 0.151 e. The van der Waals surface area contributed by atoms with E-state index < -0.39 is 0 Å². The summed E-state index contributed by atoms with van der Waals surface area (Å²) in [7, 11) is 0. The predicted octanol–water partition coefficient (Wildman–Crippen LogP) is 4.37. The van der Waals surface area contributed by atoms with Crippen molar-refractivity contribution < 1.29 is 4.52 Å². The highest BCUT2D eigenvalue weighted by Crippen LogP contribution is 2.29. The molecule has 0 aliphatic heterocycles. The van der Waals surface area contributed by atoms with Crippen LogP contribution in [0.15, 0.2) is 40.0 Å². The summed E-state index contributed by atoms with van der Waals surface area (Å²) < 4.78 is 5.57. The Kier molecular flexibility index (Phi) is 4.46. The molecule has 1 aromatic carbocycles. The molecule has 1 aromatic heterocycles. The quantitative estimate of drug-likeness (QED) is 0.670. The molecule has 2 rings (SSSR count). The van der Waals surface area contributed by atoms with Gasteiger partial charge in [-0.1, -0.05) is 51.1 Å². The second-order valence-corrected chi connectivity index (χ2v) is 6.11. The van der Waals surface area contributed by atoms with Crippen molar-refractivity contribution in [2.75, 3.05) is 5.43 Å². The summed E-state index contributed by atoms with van der Waals surface area (Å²) in [4.78, 5) is 0. The lowest BCUT2D eigenvalue weighted by atomic mass is 9.88. The number of aromatic nitrogens is 1. The smallest absolute Gasteiger partial charge is 0.151 e. The van der Waals surface area contributed by atoms with E-state index in [1.807, 2.05) is 37.3 Å². The zero-order chi connectivity index (χ0) is 15.5. The molecular formula is C17H23N3O. The Balaban J connectivity index is 2.34. The Hall–Kier alpha value is -2.10. The van der Waals surface area contributed by atoms with Gasteiger partial charge in [-0.15, -0.1) is 0 Å². The van der Waals surface area contributed by atoms with Crippen molar-refractivity contribution >= 4 is 11.4 Å². The van der Waals surface area contributed by atoms with E-state index in [1.165, 1.54) is 0 Å². The van der Waals surface area contributed by atoms with Gasteiger partial charge in [-0.25, -0.2) is 0 Å². The van der Waals surface area contributed by atoms with Crippen molar-refractivity contribution in [1.82, 2.24) is 5.16 Å². The second kappa shape index (κ2) is 6.12. The number of hydrogen-bond donors (Lipinski definition) is 1. The van der Waals surface area contributed by atoms with E-state index in [1.54, 1.807) is 0 Å². The van der Waals surface area contributed by atoms with E-state index in [4.69, 9.17) is 4.52 Å². The van der Waals surface area contributed by atoms with Gasteiger partial charge in [0.1, 0.15) is 0 Å². The molecule has 4 nitrogen and oxygen atoms in total. The van der Waals surface area contributed by atoms with E-state index in [9.17, 15) is 0 Å². The topological polar surface area (TPSA) is 50.4 Å². The summed E-state index contributed by atoms with van der Waals surface area (Å²) in [6.07, 6.45) is 0.826. The van der Waals surface area contributed by atoms with E-state index in [0.29, 0.717) is 0 Å². The molecule has 0 unspecified atom stereocenters. The fraction of sp³-hybridized carbons (Fsp3) is 0.412. The van der Waals surface area contributed by atoms with Crippen molar-refractivity contribution in [3.05, 3.63) is 47.3 Å². The molecule has 1 N–H and O–H groups in total. The van der Waals surface area contributed by atoms with Crippen molar-refractivity contribution in [2.24, 2.45) is 5.10 Å². The standard InChI is InChI=1S/C17H23N3O/c1-6-14-15(16(21-20-14)17(3,4)5)12(2)18-19-13-10-8-7-9-11-13/h7-11,19H,6H2,1-5H3. The van der Waals surface area contributed by atoms with Gasteiger partial charge < -0.3 is 4.52 Å². The SMILES string of the molecule is CCc1noc(C(C)(C)C)c1C(C)=NNc1ccccc1. The van der Waals surface area contributed by atoms with Gasteiger partial charge >= 0.3 is 0 Å². The van der Waals surface area contributed by atoms with Gasteiger partial charge in [0.2, 0.25) is 0 Å². The third-order valence-electron chi connectivity index (χ3n) is 3.27. The molecule has 0 spiro atoms. The summed E-state index contributed by atoms with van der Waals surface area (Å²) in [5, 5.41) is 8.68. The molecule has 0 saturated heterocycles. The molecule has 0 aliphatic rings. The molecule has 112 valence electrons. The highest BCUT2D eigenvalue weighted by Gasteiger charge is 2.27. The van der Waals surface area contributed by atoms with Gasteiger partial charge in [0, 0.05) is 5.41 Å². The fourth-order valence-electron chi connectivity index (χ4n) is 2.17. The summed E-state index contributed by atoms with van der Waals surface area (Å²) in [5.74, 6) is 0.885. The van der Waals surface area contributed by atoms with Gasteiger partial charge in [0.05, 0.1) is 22.7 Å². The molecule has 0 bridgehead atoms. The van der Waals surface area contributed by atoms with Crippen molar-refractivity contribution in [3.8, 4) is 0 Å². The summed E-state index contributed by atoms with van der Waals surface area (Å²) in [6, 6.07) is 9.90. The van der Waals surface area contributed by atoms with E-state index in [2.05, 4.69) is 43.4 Å². The van der Waals surface area contributed by atoms with Crippen LogP contribution in [0.2, 0.25) is 0 Å². The number of nitrogens with one attached hydrogen (secondary N) is 1. The molecule has 0 saturated carbocycles. The third kappa shape index (κ3) is 3.51. The number of nitrogens with zero attached hydrogens (tertiary/aromatic N) is 2. The molecule has 0 fully saturated rings. The predicted molar refractivity (Wildman–Crippen MR) is 86.9 cm³/mol. The van der Waals surface area contributed by atoms with Crippen molar-refractivity contribution in [1.29, 1.82) is 0 Å². The van der Waals surface area contributed by atoms with E-state index >= 15 is 0 Å². The minimum Gasteiger partial charge on any atom is -0.360 e. The van der Waals surface area contributed by atoms with Crippen LogP contribution in [0.4, 0.5) is 5.69 Å². The zero-order valence-electron chi connectivity index (χ0n) is 13.4. The molecule has 4 heteroatoms. The second-order valence-electron chi connectivity index (χ2n) is 6.11. The number of hydrogen-bond acceptors (Lipinski definition) is 4. The Morgan fingerprint density at radius 2 is 1.90 bits per heavy atom. The van der Waals surface area contributed by atoms with Crippen LogP contribution < -0.4 is 5.43 Å². The van der Waals surface area contributed by atoms with Gasteiger partial charge in [-0.2, -0.15) is 5.10 Å². The van der Waals surface area contributed by atoms with Crippen LogP contribution in [0.25, 0.3) is 0 Å². The molecular weight excluding hydrogens is 262 g/mol. The van der Waals surface area contributed by atoms with E-state index in [-0.39, 0.29) is 5.41 Å². The number of hydrazone groups is 1. The number of para-hydroxylation sites is 1. The molecule has 0 aliphatic carbocycles. The molecule has 1 heterocycles. The Morgan fingerprint density at radius 1 is 1.24 bits per heavy atom. The first-order valence-corrected chi connectivity index (χ1v) is 7.28. The molecule has 0 radical (unpaired) electrons. The lowest BCUT2D eigenvalue weighted by Gasteiger charge is -2.16. The van der Waals surface area contributed by atoms with Crippen LogP contribution in [0.3, 0.4) is 0 Å². The van der Waals surface area contributed by atoms with Gasteiger partial charge in [-0.05, 0) is 25.5 Å². The number of benzene rings is 1. The fourth-order valence-corrected chi connectivity index (χ4v) is 2.17. The molecule has 21 heavy (non-hydrogen) atoms. The van der Waals surface area contributed by atoms with Gasteiger partial charge in [0.25, 0.3) is 0 Å². The van der Waals surface area contributed by atoms with Crippen LogP contribution in [0.1, 0.15) is 51.6 Å². The van der Waals surface area contributed by atoms with Crippen LogP contribution >= 0.6 is 0 Å². The first-order chi connectivity index (χ1) is 9.93. The van der Waals surface area contributed by atoms with E-state index in [0.717, 1.165) is 34.8 Å². The average Bonchev–Trinajstić information content (AvgIpc) is 2.90. The Morgan fingerprint density at radius 3 is 2.48 bits per heavy atom. The normalized spacial score (nSPS) is 12.5. The molecule has 0 amide bonds.